The lowest BCUT2D eigenvalue weighted by molar-refractivity contribution is -0.159. The van der Waals surface area contributed by atoms with Crippen molar-refractivity contribution in [3.8, 4) is 0 Å². The molecule has 0 spiro atoms. The Morgan fingerprint density at radius 3 is 2.48 bits per heavy atom. The average molecular weight is 330 g/mol. The third-order valence-electron chi connectivity index (χ3n) is 1.88. The second-order valence-electron chi connectivity index (χ2n) is 3.89. The van der Waals surface area contributed by atoms with Crippen LogP contribution in [-0.2, 0) is 14.8 Å². The first kappa shape index (κ1) is 17.0. The zero-order valence-corrected chi connectivity index (χ0v) is 11.3. The molecule has 11 heteroatoms. The number of alkyl halides is 3. The van der Waals surface area contributed by atoms with Gasteiger partial charge >= 0.3 is 12.3 Å². The van der Waals surface area contributed by atoms with Crippen LogP contribution in [0, 0.1) is 5.82 Å². The molecule has 0 unspecified atom stereocenters. The Kier molecular flexibility index (Phi) is 4.99. The van der Waals surface area contributed by atoms with Gasteiger partial charge in [0.2, 0.25) is 10.0 Å². The Hall–Kier alpha value is -2.04. The van der Waals surface area contributed by atoms with Crippen LogP contribution in [0.1, 0.15) is 0 Å². The van der Waals surface area contributed by atoms with Crippen molar-refractivity contribution < 1.29 is 35.5 Å². The molecule has 2 N–H and O–H groups in total. The monoisotopic (exact) mass is 330 g/mol. The molecule has 0 radical (unpaired) electrons. The molecule has 0 aromatic heterocycles. The molecular formula is C10H10F4N2O4S. The van der Waals surface area contributed by atoms with E-state index in [0.29, 0.717) is 0 Å². The molecule has 0 aliphatic heterocycles. The molecule has 0 atom stereocenters. The summed E-state index contributed by atoms with van der Waals surface area (Å²) in [6, 6.07) is 2.75. The van der Waals surface area contributed by atoms with Gasteiger partial charge in [-0.3, -0.25) is 10.0 Å². The number of carbonyl (C=O) groups excluding carboxylic acids is 1. The second-order valence-corrected chi connectivity index (χ2v) is 5.63. The maximum absolute atomic E-state index is 13.3. The number of hydrogen-bond acceptors (Lipinski definition) is 4. The van der Waals surface area contributed by atoms with Gasteiger partial charge in [-0.05, 0) is 18.2 Å². The predicted octanol–water partition coefficient (Wildman–Crippen LogP) is 2.31. The molecule has 1 amide bonds. The number of ether oxygens (including phenoxy) is 1. The molecular weight excluding hydrogens is 320 g/mol. The van der Waals surface area contributed by atoms with Crippen molar-refractivity contribution in [2.24, 2.45) is 0 Å². The number of nitrogens with one attached hydrogen (secondary N) is 2. The van der Waals surface area contributed by atoms with Crippen molar-refractivity contribution in [1.82, 2.24) is 0 Å². The number of rotatable bonds is 4. The van der Waals surface area contributed by atoms with Gasteiger partial charge in [-0.25, -0.2) is 17.6 Å². The van der Waals surface area contributed by atoms with E-state index in [1.807, 2.05) is 10.0 Å². The van der Waals surface area contributed by atoms with E-state index in [9.17, 15) is 30.8 Å². The van der Waals surface area contributed by atoms with Crippen LogP contribution in [0.3, 0.4) is 0 Å². The van der Waals surface area contributed by atoms with Gasteiger partial charge in [0.1, 0.15) is 5.82 Å². The van der Waals surface area contributed by atoms with E-state index in [0.717, 1.165) is 24.5 Å². The highest BCUT2D eigenvalue weighted by atomic mass is 32.2. The summed E-state index contributed by atoms with van der Waals surface area (Å²) in [5.74, 6) is -0.922. The molecule has 0 aliphatic rings. The van der Waals surface area contributed by atoms with Crippen LogP contribution < -0.4 is 10.0 Å². The van der Waals surface area contributed by atoms with Crippen LogP contribution in [0.5, 0.6) is 0 Å². The van der Waals surface area contributed by atoms with Gasteiger partial charge in [0.15, 0.2) is 6.61 Å². The van der Waals surface area contributed by atoms with Crippen molar-refractivity contribution in [1.29, 1.82) is 0 Å². The van der Waals surface area contributed by atoms with E-state index in [2.05, 4.69) is 4.74 Å². The first-order valence-corrected chi connectivity index (χ1v) is 7.13. The summed E-state index contributed by atoms with van der Waals surface area (Å²) in [5, 5.41) is 1.91. The summed E-state index contributed by atoms with van der Waals surface area (Å²) in [6.45, 7) is -1.78. The Balaban J connectivity index is 2.76. The lowest BCUT2D eigenvalue weighted by Gasteiger charge is -2.11. The fourth-order valence-corrected chi connectivity index (χ4v) is 1.74. The number of carbonyl (C=O) groups is 1. The predicted molar refractivity (Wildman–Crippen MR) is 65.9 cm³/mol. The summed E-state index contributed by atoms with van der Waals surface area (Å²) in [5.41, 5.74) is -0.610. The minimum Gasteiger partial charge on any atom is -0.440 e. The molecule has 1 aromatic carbocycles. The molecule has 21 heavy (non-hydrogen) atoms. The van der Waals surface area contributed by atoms with Gasteiger partial charge in [0.25, 0.3) is 0 Å². The molecule has 1 aromatic rings. The number of benzene rings is 1. The minimum absolute atomic E-state index is 0.144. The van der Waals surface area contributed by atoms with Gasteiger partial charge in [0, 0.05) is 5.69 Å². The van der Waals surface area contributed by atoms with Crippen LogP contribution in [0.2, 0.25) is 0 Å². The third-order valence-corrected chi connectivity index (χ3v) is 2.47. The average Bonchev–Trinajstić information content (AvgIpc) is 2.28. The number of halogens is 4. The van der Waals surface area contributed by atoms with Crippen LogP contribution in [0.25, 0.3) is 0 Å². The van der Waals surface area contributed by atoms with Gasteiger partial charge in [0.05, 0.1) is 11.9 Å². The summed E-state index contributed by atoms with van der Waals surface area (Å²) in [7, 11) is -3.76. The van der Waals surface area contributed by atoms with Gasteiger partial charge in [-0.1, -0.05) is 0 Å². The fourth-order valence-electron chi connectivity index (χ4n) is 1.18. The maximum Gasteiger partial charge on any atom is 0.422 e. The Bertz CT molecular complexity index is 630. The van der Waals surface area contributed by atoms with Gasteiger partial charge < -0.3 is 4.74 Å². The molecule has 6 nitrogen and oxygen atoms in total. The van der Waals surface area contributed by atoms with E-state index >= 15 is 0 Å². The van der Waals surface area contributed by atoms with Crippen LogP contribution in [0.15, 0.2) is 18.2 Å². The molecule has 0 saturated heterocycles. The SMILES string of the molecule is CS(=O)(=O)Nc1cc(NC(=O)OCC(F)(F)F)ccc1F. The lowest BCUT2D eigenvalue weighted by Crippen LogP contribution is -2.23. The Morgan fingerprint density at radius 1 is 1.33 bits per heavy atom. The number of anilines is 2. The first-order valence-electron chi connectivity index (χ1n) is 5.24. The van der Waals surface area contributed by atoms with Crippen molar-refractivity contribution >= 4 is 27.5 Å². The number of amides is 1. The number of hydrogen-bond donors (Lipinski definition) is 2. The van der Waals surface area contributed by atoms with Gasteiger partial charge in [-0.15, -0.1) is 0 Å². The van der Waals surface area contributed by atoms with Crippen LogP contribution in [-0.4, -0.2) is 33.5 Å². The van der Waals surface area contributed by atoms with Crippen LogP contribution in [0.4, 0.5) is 33.7 Å². The topological polar surface area (TPSA) is 84.5 Å². The maximum atomic E-state index is 13.3. The van der Waals surface area contributed by atoms with E-state index in [1.54, 1.807) is 0 Å². The highest BCUT2D eigenvalue weighted by Crippen LogP contribution is 2.21. The molecule has 1 rings (SSSR count). The van der Waals surface area contributed by atoms with Crippen molar-refractivity contribution in [2.45, 2.75) is 6.18 Å². The van der Waals surface area contributed by atoms with E-state index in [1.165, 1.54) is 0 Å². The molecule has 0 saturated carbocycles. The largest absolute Gasteiger partial charge is 0.440 e. The molecule has 0 aliphatic carbocycles. The van der Waals surface area contributed by atoms with E-state index in [4.69, 9.17) is 0 Å². The second kappa shape index (κ2) is 6.16. The molecule has 0 bridgehead atoms. The Labute approximate surface area is 117 Å². The van der Waals surface area contributed by atoms with Crippen molar-refractivity contribution in [3.05, 3.63) is 24.0 Å². The molecule has 0 fully saturated rings. The smallest absolute Gasteiger partial charge is 0.422 e. The van der Waals surface area contributed by atoms with E-state index in [-0.39, 0.29) is 5.69 Å². The summed E-state index contributed by atoms with van der Waals surface area (Å²) >= 11 is 0. The minimum atomic E-state index is -4.68. The Morgan fingerprint density at radius 2 is 1.95 bits per heavy atom. The highest BCUT2D eigenvalue weighted by Gasteiger charge is 2.29. The first-order chi connectivity index (χ1) is 9.46. The summed E-state index contributed by atoms with van der Waals surface area (Å²) < 4.78 is 76.5. The number of sulfonamides is 1. The van der Waals surface area contributed by atoms with Crippen LogP contribution >= 0.6 is 0 Å². The standard InChI is InChI=1S/C10H10F4N2O4S/c1-21(18,19)16-8-4-6(2-3-7(8)11)15-9(17)20-5-10(12,13)14/h2-4,16H,5H2,1H3,(H,15,17). The summed E-state index contributed by atoms with van der Waals surface area (Å²) in [4.78, 5) is 11.1. The van der Waals surface area contributed by atoms with Crippen molar-refractivity contribution in [3.63, 3.8) is 0 Å². The lowest BCUT2D eigenvalue weighted by atomic mass is 10.3. The summed E-state index contributed by atoms with van der Waals surface area (Å²) in [6.07, 6.45) is -5.31. The third kappa shape index (κ3) is 6.79. The molecule has 0 heterocycles. The normalized spacial score (nSPS) is 11.9. The zero-order valence-electron chi connectivity index (χ0n) is 10.5. The molecule has 118 valence electrons. The quantitative estimate of drug-likeness (QED) is 0.830. The van der Waals surface area contributed by atoms with Gasteiger partial charge in [-0.2, -0.15) is 13.2 Å². The highest BCUT2D eigenvalue weighted by molar-refractivity contribution is 7.92. The van der Waals surface area contributed by atoms with Crippen molar-refractivity contribution in [2.75, 3.05) is 22.9 Å². The zero-order chi connectivity index (χ0) is 16.3. The fraction of sp³-hybridized carbons (Fsp3) is 0.300. The van der Waals surface area contributed by atoms with E-state index < -0.39 is 40.4 Å².